The minimum absolute atomic E-state index is 0.185. The molecule has 2 heterocycles. The van der Waals surface area contributed by atoms with Crippen molar-refractivity contribution in [1.82, 2.24) is 19.7 Å². The summed E-state index contributed by atoms with van der Waals surface area (Å²) in [6.07, 6.45) is 1.59. The summed E-state index contributed by atoms with van der Waals surface area (Å²) in [5, 5.41) is 6.81. The minimum atomic E-state index is -0.185. The van der Waals surface area contributed by atoms with Crippen LogP contribution in [0.15, 0.2) is 30.5 Å². The fourth-order valence-electron chi connectivity index (χ4n) is 2.01. The molecule has 0 bridgehead atoms. The van der Waals surface area contributed by atoms with Crippen molar-refractivity contribution >= 4 is 22.6 Å². The Morgan fingerprint density at radius 3 is 2.95 bits per heavy atom. The molecular formula is C13H13N5O. The average Bonchev–Trinajstić information content (AvgIpc) is 2.93. The summed E-state index contributed by atoms with van der Waals surface area (Å²) >= 11 is 0. The Kier molecular flexibility index (Phi) is 2.56. The van der Waals surface area contributed by atoms with E-state index in [1.165, 1.54) is 4.68 Å². The normalized spacial score (nSPS) is 10.8. The van der Waals surface area contributed by atoms with Crippen LogP contribution in [0.1, 0.15) is 16.3 Å². The fourth-order valence-corrected chi connectivity index (χ4v) is 2.01. The quantitative estimate of drug-likeness (QED) is 0.733. The molecule has 1 aromatic carbocycles. The molecule has 0 aliphatic rings. The van der Waals surface area contributed by atoms with Crippen molar-refractivity contribution in [3.63, 3.8) is 0 Å². The summed E-state index contributed by atoms with van der Waals surface area (Å²) in [5.41, 5.74) is 3.03. The zero-order chi connectivity index (χ0) is 13.4. The molecule has 19 heavy (non-hydrogen) atoms. The van der Waals surface area contributed by atoms with Crippen molar-refractivity contribution in [3.8, 4) is 0 Å². The van der Waals surface area contributed by atoms with E-state index in [1.54, 1.807) is 19.3 Å². The number of imidazole rings is 1. The number of rotatable bonds is 2. The van der Waals surface area contributed by atoms with Gasteiger partial charge in [-0.1, -0.05) is 0 Å². The highest BCUT2D eigenvalue weighted by Crippen LogP contribution is 2.17. The smallest absolute Gasteiger partial charge is 0.273 e. The Morgan fingerprint density at radius 2 is 2.21 bits per heavy atom. The van der Waals surface area contributed by atoms with Crippen LogP contribution in [-0.2, 0) is 7.05 Å². The van der Waals surface area contributed by atoms with Crippen molar-refractivity contribution in [1.29, 1.82) is 0 Å². The first-order valence-corrected chi connectivity index (χ1v) is 5.89. The maximum atomic E-state index is 12.0. The molecule has 3 rings (SSSR count). The van der Waals surface area contributed by atoms with E-state index in [-0.39, 0.29) is 5.91 Å². The van der Waals surface area contributed by atoms with Gasteiger partial charge in [0.15, 0.2) is 0 Å². The number of nitrogens with zero attached hydrogens (tertiary/aromatic N) is 3. The minimum Gasteiger partial charge on any atom is -0.342 e. The summed E-state index contributed by atoms with van der Waals surface area (Å²) in [6, 6.07) is 7.24. The van der Waals surface area contributed by atoms with Gasteiger partial charge in [-0.15, -0.1) is 0 Å². The van der Waals surface area contributed by atoms with Gasteiger partial charge in [-0.3, -0.25) is 9.48 Å². The maximum Gasteiger partial charge on any atom is 0.273 e. The highest BCUT2D eigenvalue weighted by molar-refractivity contribution is 6.03. The van der Waals surface area contributed by atoms with E-state index in [0.29, 0.717) is 5.69 Å². The Balaban J connectivity index is 1.89. The number of nitrogens with one attached hydrogen (secondary N) is 2. The zero-order valence-corrected chi connectivity index (χ0v) is 10.6. The molecule has 2 N–H and O–H groups in total. The summed E-state index contributed by atoms with van der Waals surface area (Å²) in [7, 11) is 1.73. The number of amides is 1. The Labute approximate surface area is 109 Å². The third-order valence-corrected chi connectivity index (χ3v) is 2.91. The average molecular weight is 255 g/mol. The summed E-state index contributed by atoms with van der Waals surface area (Å²) in [5.74, 6) is 0.667. The van der Waals surface area contributed by atoms with Gasteiger partial charge < -0.3 is 10.3 Å². The Hall–Kier alpha value is -2.63. The molecule has 0 aliphatic carbocycles. The number of aryl methyl sites for hydroxylation is 2. The van der Waals surface area contributed by atoms with E-state index in [0.717, 1.165) is 22.5 Å². The molecule has 0 aliphatic heterocycles. The maximum absolute atomic E-state index is 12.0. The largest absolute Gasteiger partial charge is 0.342 e. The van der Waals surface area contributed by atoms with Gasteiger partial charge in [-0.05, 0) is 31.2 Å². The van der Waals surface area contributed by atoms with E-state index < -0.39 is 0 Å². The Morgan fingerprint density at radius 1 is 1.37 bits per heavy atom. The number of hydrogen-bond acceptors (Lipinski definition) is 3. The van der Waals surface area contributed by atoms with Gasteiger partial charge in [0.25, 0.3) is 5.91 Å². The van der Waals surface area contributed by atoms with E-state index in [2.05, 4.69) is 20.4 Å². The lowest BCUT2D eigenvalue weighted by molar-refractivity contribution is 0.101. The third kappa shape index (κ3) is 2.08. The molecule has 3 aromatic rings. The van der Waals surface area contributed by atoms with Crippen molar-refractivity contribution in [2.45, 2.75) is 6.92 Å². The molecule has 0 saturated heterocycles. The van der Waals surface area contributed by atoms with Crippen LogP contribution in [0.5, 0.6) is 0 Å². The summed E-state index contributed by atoms with van der Waals surface area (Å²) < 4.78 is 1.54. The van der Waals surface area contributed by atoms with Gasteiger partial charge >= 0.3 is 0 Å². The van der Waals surface area contributed by atoms with Crippen LogP contribution in [0.25, 0.3) is 11.0 Å². The highest BCUT2D eigenvalue weighted by Gasteiger charge is 2.10. The van der Waals surface area contributed by atoms with Crippen LogP contribution in [-0.4, -0.2) is 25.7 Å². The number of aromatic amines is 1. The standard InChI is InChI=1S/C13H13N5O/c1-8-15-10-4-3-9(7-11(10)16-8)17-13(19)12-5-6-14-18(12)2/h3-7H,1-2H3,(H,15,16)(H,17,19). The molecule has 0 fully saturated rings. The van der Waals surface area contributed by atoms with Crippen molar-refractivity contribution in [2.75, 3.05) is 5.32 Å². The molecular weight excluding hydrogens is 242 g/mol. The molecule has 0 radical (unpaired) electrons. The zero-order valence-electron chi connectivity index (χ0n) is 10.6. The predicted molar refractivity (Wildman–Crippen MR) is 72.0 cm³/mol. The van der Waals surface area contributed by atoms with Gasteiger partial charge in [-0.2, -0.15) is 5.10 Å². The number of hydrogen-bond donors (Lipinski definition) is 2. The molecule has 0 saturated carbocycles. The van der Waals surface area contributed by atoms with Gasteiger partial charge in [0.2, 0.25) is 0 Å². The molecule has 6 nitrogen and oxygen atoms in total. The number of carbonyl (C=O) groups excluding carboxylic acids is 1. The highest BCUT2D eigenvalue weighted by atomic mass is 16.2. The third-order valence-electron chi connectivity index (χ3n) is 2.91. The van der Waals surface area contributed by atoms with E-state index >= 15 is 0 Å². The number of aromatic nitrogens is 4. The van der Waals surface area contributed by atoms with Gasteiger partial charge in [-0.25, -0.2) is 4.98 Å². The van der Waals surface area contributed by atoms with Crippen LogP contribution < -0.4 is 5.32 Å². The number of carbonyl (C=O) groups is 1. The second-order valence-electron chi connectivity index (χ2n) is 4.35. The Bertz CT molecular complexity index is 755. The second kappa shape index (κ2) is 4.24. The lowest BCUT2D eigenvalue weighted by Gasteiger charge is -2.05. The van der Waals surface area contributed by atoms with Crippen LogP contribution in [0.3, 0.4) is 0 Å². The van der Waals surface area contributed by atoms with Crippen molar-refractivity contribution < 1.29 is 4.79 Å². The first-order valence-electron chi connectivity index (χ1n) is 5.89. The SMILES string of the molecule is Cc1nc2ccc(NC(=O)c3ccnn3C)cc2[nH]1. The lowest BCUT2D eigenvalue weighted by atomic mass is 10.2. The molecule has 0 atom stereocenters. The first-order chi connectivity index (χ1) is 9.13. The predicted octanol–water partition coefficient (Wildman–Crippen LogP) is 1.86. The number of benzene rings is 1. The molecule has 6 heteroatoms. The topological polar surface area (TPSA) is 75.6 Å². The number of fused-ring (bicyclic) bond motifs is 1. The van der Waals surface area contributed by atoms with Crippen LogP contribution >= 0.6 is 0 Å². The monoisotopic (exact) mass is 255 g/mol. The molecule has 0 unspecified atom stereocenters. The summed E-state index contributed by atoms with van der Waals surface area (Å²) in [6.45, 7) is 1.90. The van der Waals surface area contributed by atoms with E-state index in [4.69, 9.17) is 0 Å². The number of H-pyrrole nitrogens is 1. The van der Waals surface area contributed by atoms with Crippen LogP contribution in [0, 0.1) is 6.92 Å². The first kappa shape index (κ1) is 11.5. The second-order valence-corrected chi connectivity index (χ2v) is 4.35. The van der Waals surface area contributed by atoms with E-state index in [9.17, 15) is 4.79 Å². The molecule has 96 valence electrons. The van der Waals surface area contributed by atoms with E-state index in [1.807, 2.05) is 25.1 Å². The van der Waals surface area contributed by atoms with Crippen molar-refractivity contribution in [3.05, 3.63) is 42.0 Å². The van der Waals surface area contributed by atoms with Gasteiger partial charge in [0, 0.05) is 18.9 Å². The van der Waals surface area contributed by atoms with Crippen LogP contribution in [0.2, 0.25) is 0 Å². The lowest BCUT2D eigenvalue weighted by Crippen LogP contribution is -2.15. The molecule has 1 amide bonds. The number of anilines is 1. The van der Waals surface area contributed by atoms with Gasteiger partial charge in [0.05, 0.1) is 11.0 Å². The summed E-state index contributed by atoms with van der Waals surface area (Å²) in [4.78, 5) is 19.5. The van der Waals surface area contributed by atoms with Gasteiger partial charge in [0.1, 0.15) is 11.5 Å². The van der Waals surface area contributed by atoms with Crippen molar-refractivity contribution in [2.24, 2.45) is 7.05 Å². The molecule has 2 aromatic heterocycles. The molecule has 0 spiro atoms. The van der Waals surface area contributed by atoms with Crippen LogP contribution in [0.4, 0.5) is 5.69 Å². The fraction of sp³-hybridized carbons (Fsp3) is 0.154.